The van der Waals surface area contributed by atoms with Crippen LogP contribution in [0.4, 0.5) is 5.69 Å². The maximum Gasteiger partial charge on any atom is 0.320 e. The van der Waals surface area contributed by atoms with E-state index in [9.17, 15) is 15.1 Å². The number of amides is 1. The molecule has 0 spiro atoms. The smallest absolute Gasteiger partial charge is 0.320 e. The summed E-state index contributed by atoms with van der Waals surface area (Å²) < 4.78 is 15.0. The summed E-state index contributed by atoms with van der Waals surface area (Å²) in [5, 5.41) is 19.1. The van der Waals surface area contributed by atoms with Crippen LogP contribution in [0.5, 0.6) is 17.2 Å². The fraction of sp³-hybridized carbons (Fsp3) is 0.300. The molecule has 7 nitrogen and oxygen atoms in total. The molecule has 0 saturated carbocycles. The van der Waals surface area contributed by atoms with Gasteiger partial charge in [0.15, 0.2) is 17.2 Å². The number of aliphatic hydroxyl groups is 1. The lowest BCUT2D eigenvalue weighted by Crippen LogP contribution is -2.43. The second-order valence-electron chi connectivity index (χ2n) is 3.30. The summed E-state index contributed by atoms with van der Waals surface area (Å²) in [5.74, 6) is -0.152. The highest BCUT2D eigenvalue weighted by molar-refractivity contribution is 5.97. The molecule has 1 aliphatic heterocycles. The van der Waals surface area contributed by atoms with Crippen LogP contribution < -0.4 is 19.3 Å². The van der Waals surface area contributed by atoms with E-state index in [-0.39, 0.29) is 11.4 Å². The first-order valence-electron chi connectivity index (χ1n) is 4.72. The van der Waals surface area contributed by atoms with Crippen molar-refractivity contribution >= 4 is 11.6 Å². The van der Waals surface area contributed by atoms with Crippen molar-refractivity contribution in [3.63, 3.8) is 0 Å². The second-order valence-corrected chi connectivity index (χ2v) is 3.30. The van der Waals surface area contributed by atoms with Crippen LogP contribution in [0, 0.1) is 0 Å². The lowest BCUT2D eigenvalue weighted by atomic mass is 10.2. The van der Waals surface area contributed by atoms with Gasteiger partial charge in [-0.25, -0.2) is 0 Å². The zero-order chi connectivity index (χ0) is 12.6. The lowest BCUT2D eigenvalue weighted by Gasteiger charge is -2.28. The molecule has 0 aliphatic carbocycles. The molecule has 1 atom stereocenters. The first-order valence-corrected chi connectivity index (χ1v) is 4.72. The average molecular weight is 241 g/mol. The molecule has 17 heavy (non-hydrogen) atoms. The van der Waals surface area contributed by atoms with Gasteiger partial charge in [0.25, 0.3) is 6.29 Å². The molecule has 1 aromatic carbocycles. The summed E-state index contributed by atoms with van der Waals surface area (Å²) >= 11 is 0. The van der Waals surface area contributed by atoms with Crippen LogP contribution in [0.25, 0.3) is 0 Å². The van der Waals surface area contributed by atoms with E-state index in [1.54, 1.807) is 0 Å². The van der Waals surface area contributed by atoms with Crippen molar-refractivity contribution in [2.75, 3.05) is 19.3 Å². The Labute approximate surface area is 96.7 Å². The molecule has 92 valence electrons. The predicted octanol–water partition coefficient (Wildman–Crippen LogP) is 0.137. The molecule has 2 rings (SSSR count). The fourth-order valence-corrected chi connectivity index (χ4v) is 1.50. The molecule has 1 amide bonds. The third kappa shape index (κ3) is 1.75. The van der Waals surface area contributed by atoms with E-state index < -0.39 is 12.2 Å². The fourth-order valence-electron chi connectivity index (χ4n) is 1.50. The maximum atomic E-state index is 11.3. The van der Waals surface area contributed by atoms with Gasteiger partial charge in [-0.1, -0.05) is 0 Å². The number of nitrogens with zero attached hydrogens (tertiary/aromatic N) is 1. The number of aliphatic hydroxyl groups excluding tert-OH is 1. The Hall–Kier alpha value is -1.99. The number of anilines is 1. The number of ether oxygens (including phenoxy) is 3. The van der Waals surface area contributed by atoms with Gasteiger partial charge in [-0.2, -0.15) is 5.06 Å². The standard InChI is InChI=1S/C10H11NO6/c1-15-7-3-5-6(4-8(7)16-2)17-10(13)9(12)11(5)14/h3-4,10,13-14H,1-2H3. The molecule has 2 N–H and O–H groups in total. The summed E-state index contributed by atoms with van der Waals surface area (Å²) in [6, 6.07) is 2.78. The Morgan fingerprint density at radius 3 is 2.47 bits per heavy atom. The van der Waals surface area contributed by atoms with Gasteiger partial charge >= 0.3 is 5.91 Å². The first kappa shape index (κ1) is 11.5. The normalized spacial score (nSPS) is 18.5. The van der Waals surface area contributed by atoms with E-state index in [4.69, 9.17) is 14.2 Å². The number of methoxy groups -OCH3 is 2. The highest BCUT2D eigenvalue weighted by atomic mass is 16.6. The lowest BCUT2D eigenvalue weighted by molar-refractivity contribution is -0.148. The van der Waals surface area contributed by atoms with Crippen molar-refractivity contribution in [1.29, 1.82) is 0 Å². The molecule has 0 aromatic heterocycles. The van der Waals surface area contributed by atoms with Crippen molar-refractivity contribution in [3.8, 4) is 17.2 Å². The molecule has 1 heterocycles. The molecule has 0 radical (unpaired) electrons. The second kappa shape index (κ2) is 4.11. The Bertz CT molecular complexity index is 460. The molecule has 0 saturated heterocycles. The minimum absolute atomic E-state index is 0.0814. The molecule has 0 bridgehead atoms. The number of hydrogen-bond acceptors (Lipinski definition) is 6. The molecule has 0 fully saturated rings. The Morgan fingerprint density at radius 2 is 1.88 bits per heavy atom. The van der Waals surface area contributed by atoms with Gasteiger partial charge in [0.2, 0.25) is 0 Å². The molecule has 7 heteroatoms. The minimum Gasteiger partial charge on any atom is -0.493 e. The van der Waals surface area contributed by atoms with Gasteiger partial charge in [0.05, 0.1) is 14.2 Å². The van der Waals surface area contributed by atoms with Crippen molar-refractivity contribution < 1.29 is 29.3 Å². The van der Waals surface area contributed by atoms with Crippen molar-refractivity contribution in [2.24, 2.45) is 0 Å². The van der Waals surface area contributed by atoms with Gasteiger partial charge in [-0.05, 0) is 0 Å². The van der Waals surface area contributed by atoms with Crippen LogP contribution in [-0.4, -0.2) is 36.7 Å². The molecule has 1 aliphatic rings. The summed E-state index contributed by atoms with van der Waals surface area (Å²) in [5.41, 5.74) is 0.0814. The predicted molar refractivity (Wildman–Crippen MR) is 55.5 cm³/mol. The van der Waals surface area contributed by atoms with E-state index in [2.05, 4.69) is 0 Å². The largest absolute Gasteiger partial charge is 0.493 e. The Kier molecular flexibility index (Phi) is 2.78. The average Bonchev–Trinajstić information content (AvgIpc) is 2.34. The van der Waals surface area contributed by atoms with E-state index in [1.165, 1.54) is 26.4 Å². The molecule has 1 unspecified atom stereocenters. The Morgan fingerprint density at radius 1 is 1.29 bits per heavy atom. The van der Waals surface area contributed by atoms with Gasteiger partial charge in [-0.15, -0.1) is 0 Å². The zero-order valence-electron chi connectivity index (χ0n) is 9.21. The third-order valence-electron chi connectivity index (χ3n) is 2.35. The monoisotopic (exact) mass is 241 g/mol. The van der Waals surface area contributed by atoms with Crippen LogP contribution in [0.2, 0.25) is 0 Å². The van der Waals surface area contributed by atoms with E-state index in [0.29, 0.717) is 16.6 Å². The molecule has 1 aromatic rings. The highest BCUT2D eigenvalue weighted by Gasteiger charge is 2.33. The number of rotatable bonds is 2. The summed E-state index contributed by atoms with van der Waals surface area (Å²) in [6.07, 6.45) is -1.73. The first-order chi connectivity index (χ1) is 8.08. The van der Waals surface area contributed by atoms with Gasteiger partial charge in [0.1, 0.15) is 5.69 Å². The summed E-state index contributed by atoms with van der Waals surface area (Å²) in [4.78, 5) is 11.3. The number of benzene rings is 1. The number of carbonyl (C=O) groups is 1. The van der Waals surface area contributed by atoms with Gasteiger partial charge < -0.3 is 19.3 Å². The van der Waals surface area contributed by atoms with Gasteiger partial charge in [0, 0.05) is 12.1 Å². The molecular formula is C10H11NO6. The third-order valence-corrected chi connectivity index (χ3v) is 2.35. The van der Waals surface area contributed by atoms with Crippen LogP contribution in [-0.2, 0) is 4.79 Å². The van der Waals surface area contributed by atoms with Crippen molar-refractivity contribution in [2.45, 2.75) is 6.29 Å². The zero-order valence-corrected chi connectivity index (χ0v) is 9.21. The van der Waals surface area contributed by atoms with Crippen LogP contribution in [0.15, 0.2) is 12.1 Å². The van der Waals surface area contributed by atoms with E-state index in [0.717, 1.165) is 0 Å². The quantitative estimate of drug-likeness (QED) is 0.716. The number of hydroxylamine groups is 1. The van der Waals surface area contributed by atoms with Crippen molar-refractivity contribution in [3.05, 3.63) is 12.1 Å². The highest BCUT2D eigenvalue weighted by Crippen LogP contribution is 2.41. The van der Waals surface area contributed by atoms with Crippen LogP contribution in [0.1, 0.15) is 0 Å². The summed E-state index contributed by atoms with van der Waals surface area (Å²) in [7, 11) is 2.86. The summed E-state index contributed by atoms with van der Waals surface area (Å²) in [6.45, 7) is 0. The topological polar surface area (TPSA) is 88.5 Å². The number of carbonyl (C=O) groups excluding carboxylic acids is 1. The maximum absolute atomic E-state index is 11.3. The minimum atomic E-state index is -1.73. The van der Waals surface area contributed by atoms with E-state index >= 15 is 0 Å². The van der Waals surface area contributed by atoms with Gasteiger partial charge in [-0.3, -0.25) is 10.0 Å². The Balaban J connectivity index is 2.53. The SMILES string of the molecule is COc1cc2c(cc1OC)N(O)C(=O)C(O)O2. The van der Waals surface area contributed by atoms with Crippen LogP contribution >= 0.6 is 0 Å². The molecular weight excluding hydrogens is 230 g/mol. The van der Waals surface area contributed by atoms with Crippen molar-refractivity contribution in [1.82, 2.24) is 0 Å². The number of hydrogen-bond donors (Lipinski definition) is 2. The number of fused-ring (bicyclic) bond motifs is 1. The van der Waals surface area contributed by atoms with Crippen LogP contribution in [0.3, 0.4) is 0 Å². The van der Waals surface area contributed by atoms with E-state index in [1.807, 2.05) is 0 Å².